The van der Waals surface area contributed by atoms with Crippen LogP contribution < -0.4 is 5.32 Å². The van der Waals surface area contributed by atoms with Crippen LogP contribution >= 0.6 is 0 Å². The van der Waals surface area contributed by atoms with Crippen molar-refractivity contribution in [2.45, 2.75) is 52.2 Å². The van der Waals surface area contributed by atoms with E-state index in [9.17, 15) is 9.59 Å². The van der Waals surface area contributed by atoms with Gasteiger partial charge in [0.05, 0.1) is 12.6 Å². The second-order valence-electron chi connectivity index (χ2n) is 8.10. The molecule has 0 atom stereocenters. The lowest BCUT2D eigenvalue weighted by Crippen LogP contribution is -2.32. The SMILES string of the molecule is COC(=O)C1=C(C#Cc2nc3ccccc3cc2CNC(=O)OC(C)(C)C)CCC1. The number of benzene rings is 1. The van der Waals surface area contributed by atoms with Crippen molar-refractivity contribution in [3.8, 4) is 11.8 Å². The van der Waals surface area contributed by atoms with E-state index < -0.39 is 11.7 Å². The first kappa shape index (κ1) is 21.4. The third kappa shape index (κ3) is 5.38. The molecule has 156 valence electrons. The van der Waals surface area contributed by atoms with Crippen molar-refractivity contribution in [3.05, 3.63) is 52.7 Å². The number of carbonyl (C=O) groups excluding carboxylic acids is 2. The van der Waals surface area contributed by atoms with Crippen molar-refractivity contribution in [3.63, 3.8) is 0 Å². The molecule has 1 heterocycles. The molecule has 0 saturated carbocycles. The first-order valence-corrected chi connectivity index (χ1v) is 9.94. The van der Waals surface area contributed by atoms with E-state index in [0.29, 0.717) is 17.7 Å². The Morgan fingerprint density at radius 2 is 1.93 bits per heavy atom. The average molecular weight is 406 g/mol. The van der Waals surface area contributed by atoms with Gasteiger partial charge in [-0.3, -0.25) is 0 Å². The largest absolute Gasteiger partial charge is 0.466 e. The van der Waals surface area contributed by atoms with Gasteiger partial charge in [-0.25, -0.2) is 14.6 Å². The zero-order chi connectivity index (χ0) is 21.7. The van der Waals surface area contributed by atoms with Crippen molar-refractivity contribution >= 4 is 23.0 Å². The van der Waals surface area contributed by atoms with E-state index >= 15 is 0 Å². The zero-order valence-electron chi connectivity index (χ0n) is 17.8. The number of nitrogens with zero attached hydrogens (tertiary/aromatic N) is 1. The Morgan fingerprint density at radius 1 is 1.17 bits per heavy atom. The summed E-state index contributed by atoms with van der Waals surface area (Å²) >= 11 is 0. The topological polar surface area (TPSA) is 77.5 Å². The van der Waals surface area contributed by atoms with Crippen molar-refractivity contribution in [1.29, 1.82) is 0 Å². The molecular formula is C24H26N2O4. The lowest BCUT2D eigenvalue weighted by molar-refractivity contribution is -0.136. The lowest BCUT2D eigenvalue weighted by Gasteiger charge is -2.19. The number of esters is 1. The number of hydrogen-bond donors (Lipinski definition) is 1. The quantitative estimate of drug-likeness (QED) is 0.609. The van der Waals surface area contributed by atoms with Crippen LogP contribution in [0.1, 0.15) is 51.3 Å². The minimum Gasteiger partial charge on any atom is -0.466 e. The van der Waals surface area contributed by atoms with Gasteiger partial charge >= 0.3 is 12.1 Å². The molecule has 1 aliphatic carbocycles. The number of allylic oxidation sites excluding steroid dienone is 1. The molecule has 0 spiro atoms. The highest BCUT2D eigenvalue weighted by Crippen LogP contribution is 2.26. The molecule has 6 heteroatoms. The van der Waals surface area contributed by atoms with Crippen LogP contribution in [0, 0.1) is 11.8 Å². The maximum absolute atomic E-state index is 12.1. The fourth-order valence-electron chi connectivity index (χ4n) is 3.25. The van der Waals surface area contributed by atoms with Crippen LogP contribution in [-0.4, -0.2) is 29.8 Å². The first-order chi connectivity index (χ1) is 14.3. The normalized spacial score (nSPS) is 13.6. The van der Waals surface area contributed by atoms with E-state index in [4.69, 9.17) is 9.47 Å². The maximum atomic E-state index is 12.1. The minimum absolute atomic E-state index is 0.236. The van der Waals surface area contributed by atoms with E-state index in [1.807, 2.05) is 51.1 Å². The van der Waals surface area contributed by atoms with Crippen molar-refractivity contribution in [2.75, 3.05) is 7.11 Å². The number of carbonyl (C=O) groups is 2. The third-order valence-electron chi connectivity index (χ3n) is 4.61. The van der Waals surface area contributed by atoms with Crippen LogP contribution in [0.5, 0.6) is 0 Å². The monoisotopic (exact) mass is 406 g/mol. The number of fused-ring (bicyclic) bond motifs is 1. The molecule has 1 aromatic heterocycles. The molecule has 1 aromatic carbocycles. The van der Waals surface area contributed by atoms with E-state index in [2.05, 4.69) is 22.1 Å². The molecule has 0 bridgehead atoms. The van der Waals surface area contributed by atoms with Gasteiger partial charge in [0.1, 0.15) is 11.3 Å². The van der Waals surface area contributed by atoms with Crippen LogP contribution in [0.4, 0.5) is 4.79 Å². The predicted octanol–water partition coefficient (Wildman–Crippen LogP) is 4.26. The number of amides is 1. The first-order valence-electron chi connectivity index (χ1n) is 9.94. The number of hydrogen-bond acceptors (Lipinski definition) is 5. The highest BCUT2D eigenvalue weighted by atomic mass is 16.6. The number of methoxy groups -OCH3 is 1. The van der Waals surface area contributed by atoms with E-state index in [0.717, 1.165) is 34.9 Å². The standard InChI is InChI=1S/C24H26N2O4/c1-24(2,3)30-23(28)25-15-18-14-17-8-5-6-11-20(17)26-21(18)13-12-16-9-7-10-19(16)22(27)29-4/h5-6,8,11,14H,7,9-10,15H2,1-4H3,(H,25,28). The fourth-order valence-corrected chi connectivity index (χ4v) is 3.25. The molecule has 30 heavy (non-hydrogen) atoms. The van der Waals surface area contributed by atoms with Crippen LogP contribution in [-0.2, 0) is 20.8 Å². The number of ether oxygens (including phenoxy) is 2. The van der Waals surface area contributed by atoms with Gasteiger partial charge in [0.25, 0.3) is 0 Å². The number of rotatable bonds is 3. The summed E-state index contributed by atoms with van der Waals surface area (Å²) in [5.41, 5.74) is 3.02. The van der Waals surface area contributed by atoms with Crippen molar-refractivity contribution in [1.82, 2.24) is 10.3 Å². The van der Waals surface area contributed by atoms with Gasteiger partial charge in [0.2, 0.25) is 0 Å². The zero-order valence-corrected chi connectivity index (χ0v) is 17.8. The summed E-state index contributed by atoms with van der Waals surface area (Å²) in [6.45, 7) is 5.68. The van der Waals surface area contributed by atoms with Crippen LogP contribution in [0.3, 0.4) is 0 Å². The third-order valence-corrected chi connectivity index (χ3v) is 4.61. The number of alkyl carbamates (subject to hydrolysis) is 1. The predicted molar refractivity (Wildman–Crippen MR) is 115 cm³/mol. The van der Waals surface area contributed by atoms with Gasteiger partial charge in [-0.15, -0.1) is 0 Å². The Bertz CT molecular complexity index is 1070. The summed E-state index contributed by atoms with van der Waals surface area (Å²) < 4.78 is 10.2. The lowest BCUT2D eigenvalue weighted by atomic mass is 10.1. The van der Waals surface area contributed by atoms with Crippen molar-refractivity contribution < 1.29 is 19.1 Å². The molecule has 0 unspecified atom stereocenters. The second kappa shape index (κ2) is 9.00. The highest BCUT2D eigenvalue weighted by molar-refractivity contribution is 5.91. The number of aromatic nitrogens is 1. The molecule has 3 rings (SSSR count). The Labute approximate surface area is 176 Å². The molecule has 1 amide bonds. The Morgan fingerprint density at radius 3 is 2.67 bits per heavy atom. The summed E-state index contributed by atoms with van der Waals surface area (Å²) in [7, 11) is 1.38. The molecule has 0 saturated heterocycles. The molecule has 6 nitrogen and oxygen atoms in total. The van der Waals surface area contributed by atoms with Gasteiger partial charge in [0, 0.05) is 28.6 Å². The molecule has 1 aliphatic rings. The minimum atomic E-state index is -0.576. The average Bonchev–Trinajstić information content (AvgIpc) is 3.17. The smallest absolute Gasteiger partial charge is 0.407 e. The van der Waals surface area contributed by atoms with E-state index in [-0.39, 0.29) is 12.5 Å². The molecule has 0 aliphatic heterocycles. The molecule has 1 N–H and O–H groups in total. The maximum Gasteiger partial charge on any atom is 0.407 e. The summed E-state index contributed by atoms with van der Waals surface area (Å²) in [4.78, 5) is 28.7. The van der Waals surface area contributed by atoms with Crippen LogP contribution in [0.25, 0.3) is 10.9 Å². The van der Waals surface area contributed by atoms with Gasteiger partial charge < -0.3 is 14.8 Å². The summed E-state index contributed by atoms with van der Waals surface area (Å²) in [6, 6.07) is 9.70. The number of para-hydroxylation sites is 1. The summed E-state index contributed by atoms with van der Waals surface area (Å²) in [5, 5.41) is 3.73. The number of pyridine rings is 1. The molecule has 2 aromatic rings. The van der Waals surface area contributed by atoms with Crippen molar-refractivity contribution in [2.24, 2.45) is 0 Å². The molecule has 0 radical (unpaired) electrons. The summed E-state index contributed by atoms with van der Waals surface area (Å²) in [5.74, 6) is 5.90. The summed E-state index contributed by atoms with van der Waals surface area (Å²) in [6.07, 6.45) is 1.80. The van der Waals surface area contributed by atoms with Gasteiger partial charge in [-0.1, -0.05) is 24.1 Å². The highest BCUT2D eigenvalue weighted by Gasteiger charge is 2.20. The Balaban J connectivity index is 1.92. The fraction of sp³-hybridized carbons (Fsp3) is 0.375. The second-order valence-corrected chi connectivity index (χ2v) is 8.10. The van der Waals surface area contributed by atoms with Crippen LogP contribution in [0.2, 0.25) is 0 Å². The van der Waals surface area contributed by atoms with Gasteiger partial charge in [-0.05, 0) is 58.1 Å². The number of nitrogens with one attached hydrogen (secondary N) is 1. The Kier molecular flexibility index (Phi) is 6.41. The molecule has 0 fully saturated rings. The van der Waals surface area contributed by atoms with Gasteiger partial charge in [-0.2, -0.15) is 0 Å². The van der Waals surface area contributed by atoms with Crippen LogP contribution in [0.15, 0.2) is 41.5 Å². The Hall–Kier alpha value is -3.33. The van der Waals surface area contributed by atoms with Gasteiger partial charge in [0.15, 0.2) is 0 Å². The molecular weight excluding hydrogens is 380 g/mol. The van der Waals surface area contributed by atoms with E-state index in [1.54, 1.807) is 0 Å². The van der Waals surface area contributed by atoms with E-state index in [1.165, 1.54) is 7.11 Å².